The van der Waals surface area contributed by atoms with Gasteiger partial charge in [0.1, 0.15) is 0 Å². The molecule has 1 saturated carbocycles. The molecule has 3 N–H and O–H groups in total. The van der Waals surface area contributed by atoms with Crippen molar-refractivity contribution in [3.63, 3.8) is 0 Å². The second-order valence-electron chi connectivity index (χ2n) is 6.04. The van der Waals surface area contributed by atoms with Crippen LogP contribution in [0, 0.1) is 0 Å². The Labute approximate surface area is 138 Å². The minimum absolute atomic E-state index is 0.238. The molecule has 0 bridgehead atoms. The number of fused-ring (bicyclic) bond motifs is 1. The summed E-state index contributed by atoms with van der Waals surface area (Å²) in [6.07, 6.45) is 5.64. The van der Waals surface area contributed by atoms with Gasteiger partial charge < -0.3 is 0 Å². The molecule has 4 rings (SSSR count). The highest BCUT2D eigenvalue weighted by Crippen LogP contribution is 2.29. The molecular weight excluding hydrogens is 306 g/mol. The lowest BCUT2D eigenvalue weighted by Gasteiger charge is -2.21. The SMILES string of the molecule is O=c1[nH]nc(NNc2ccccc2)c2nnn(C3CCCCC3)c12. The zero-order chi connectivity index (χ0) is 16.4. The fourth-order valence-corrected chi connectivity index (χ4v) is 3.20. The second kappa shape index (κ2) is 6.31. The quantitative estimate of drug-likeness (QED) is 0.637. The first kappa shape index (κ1) is 14.7. The number of hydrazine groups is 1. The topological polar surface area (TPSA) is 101 Å². The van der Waals surface area contributed by atoms with Crippen molar-refractivity contribution < 1.29 is 0 Å². The van der Waals surface area contributed by atoms with Gasteiger partial charge >= 0.3 is 0 Å². The van der Waals surface area contributed by atoms with Gasteiger partial charge in [-0.05, 0) is 25.0 Å². The van der Waals surface area contributed by atoms with Gasteiger partial charge in [0.15, 0.2) is 16.9 Å². The number of H-pyrrole nitrogens is 1. The minimum Gasteiger partial charge on any atom is -0.300 e. The van der Waals surface area contributed by atoms with Gasteiger partial charge in [-0.15, -0.1) is 5.10 Å². The Morgan fingerprint density at radius 3 is 2.67 bits per heavy atom. The van der Waals surface area contributed by atoms with E-state index in [2.05, 4.69) is 31.4 Å². The van der Waals surface area contributed by atoms with E-state index >= 15 is 0 Å². The molecule has 0 aliphatic heterocycles. The molecule has 1 aromatic carbocycles. The molecule has 124 valence electrons. The van der Waals surface area contributed by atoms with Crippen LogP contribution in [0.5, 0.6) is 0 Å². The van der Waals surface area contributed by atoms with E-state index in [4.69, 9.17) is 0 Å². The van der Waals surface area contributed by atoms with E-state index in [1.54, 1.807) is 4.68 Å². The molecule has 0 unspecified atom stereocenters. The number of nitrogens with one attached hydrogen (secondary N) is 3. The summed E-state index contributed by atoms with van der Waals surface area (Å²) in [5, 5.41) is 15.0. The molecule has 0 saturated heterocycles. The van der Waals surface area contributed by atoms with E-state index in [1.165, 1.54) is 6.42 Å². The predicted molar refractivity (Wildman–Crippen MR) is 91.8 cm³/mol. The molecule has 1 aliphatic carbocycles. The summed E-state index contributed by atoms with van der Waals surface area (Å²) in [5.74, 6) is 0.454. The lowest BCUT2D eigenvalue weighted by molar-refractivity contribution is 0.331. The van der Waals surface area contributed by atoms with Crippen molar-refractivity contribution in [2.24, 2.45) is 0 Å². The normalized spacial score (nSPS) is 15.5. The lowest BCUT2D eigenvalue weighted by atomic mass is 9.95. The van der Waals surface area contributed by atoms with Crippen molar-refractivity contribution in [2.75, 3.05) is 10.9 Å². The molecule has 0 amide bonds. The summed E-state index contributed by atoms with van der Waals surface area (Å²) in [4.78, 5) is 12.3. The maximum absolute atomic E-state index is 12.3. The van der Waals surface area contributed by atoms with Crippen molar-refractivity contribution in [1.82, 2.24) is 25.2 Å². The number of benzene rings is 1. The van der Waals surface area contributed by atoms with Crippen LogP contribution in [0.1, 0.15) is 38.1 Å². The van der Waals surface area contributed by atoms with Crippen molar-refractivity contribution in [3.05, 3.63) is 40.7 Å². The molecular formula is C16H19N7O. The maximum Gasteiger partial charge on any atom is 0.292 e. The maximum atomic E-state index is 12.3. The Balaban J connectivity index is 1.66. The number of aromatic amines is 1. The van der Waals surface area contributed by atoms with E-state index in [9.17, 15) is 4.79 Å². The molecule has 24 heavy (non-hydrogen) atoms. The molecule has 0 atom stereocenters. The fourth-order valence-electron chi connectivity index (χ4n) is 3.20. The first-order chi connectivity index (χ1) is 11.8. The summed E-state index contributed by atoms with van der Waals surface area (Å²) in [6, 6.07) is 9.89. The molecule has 0 spiro atoms. The Bertz CT molecular complexity index is 880. The van der Waals surface area contributed by atoms with Crippen LogP contribution in [0.3, 0.4) is 0 Å². The van der Waals surface area contributed by atoms with Crippen LogP contribution in [0.15, 0.2) is 35.1 Å². The lowest BCUT2D eigenvalue weighted by Crippen LogP contribution is -2.20. The van der Waals surface area contributed by atoms with Gasteiger partial charge in [0.05, 0.1) is 11.7 Å². The predicted octanol–water partition coefficient (Wildman–Crippen LogP) is 2.46. The highest BCUT2D eigenvalue weighted by Gasteiger charge is 2.22. The first-order valence-corrected chi connectivity index (χ1v) is 8.23. The van der Waals surface area contributed by atoms with Crippen LogP contribution in [0.25, 0.3) is 11.0 Å². The van der Waals surface area contributed by atoms with Crippen LogP contribution >= 0.6 is 0 Å². The van der Waals surface area contributed by atoms with E-state index in [0.717, 1.165) is 31.4 Å². The standard InChI is InChI=1S/C16H19N7O/c24-16-14-13(18-22-23(14)12-9-5-2-6-10-12)15(20-21-16)19-17-11-7-3-1-4-8-11/h1,3-4,7-8,12,17H,2,5-6,9-10H2,(H,19,20)(H,21,24). The number of anilines is 2. The molecule has 1 aliphatic rings. The van der Waals surface area contributed by atoms with Crippen LogP contribution < -0.4 is 16.4 Å². The van der Waals surface area contributed by atoms with Crippen LogP contribution in [0.4, 0.5) is 11.5 Å². The van der Waals surface area contributed by atoms with E-state index in [1.807, 2.05) is 30.3 Å². The van der Waals surface area contributed by atoms with Gasteiger partial charge in [-0.2, -0.15) is 5.10 Å². The van der Waals surface area contributed by atoms with Gasteiger partial charge in [0, 0.05) is 0 Å². The van der Waals surface area contributed by atoms with Crippen molar-refractivity contribution in [2.45, 2.75) is 38.1 Å². The monoisotopic (exact) mass is 325 g/mol. The second-order valence-corrected chi connectivity index (χ2v) is 6.04. The fraction of sp³-hybridized carbons (Fsp3) is 0.375. The molecule has 2 heterocycles. The van der Waals surface area contributed by atoms with Crippen LogP contribution in [-0.4, -0.2) is 25.2 Å². The third-order valence-corrected chi connectivity index (χ3v) is 4.42. The van der Waals surface area contributed by atoms with Crippen molar-refractivity contribution in [1.29, 1.82) is 0 Å². The summed E-state index contributed by atoms with van der Waals surface area (Å²) >= 11 is 0. The van der Waals surface area contributed by atoms with E-state index in [-0.39, 0.29) is 11.6 Å². The number of rotatable bonds is 4. The van der Waals surface area contributed by atoms with Crippen molar-refractivity contribution in [3.8, 4) is 0 Å². The number of hydrogen-bond donors (Lipinski definition) is 3. The Morgan fingerprint density at radius 2 is 1.88 bits per heavy atom. The zero-order valence-corrected chi connectivity index (χ0v) is 13.2. The zero-order valence-electron chi connectivity index (χ0n) is 13.2. The summed E-state index contributed by atoms with van der Waals surface area (Å²) in [6.45, 7) is 0. The smallest absolute Gasteiger partial charge is 0.292 e. The molecule has 8 heteroatoms. The minimum atomic E-state index is -0.258. The largest absolute Gasteiger partial charge is 0.300 e. The number of aromatic nitrogens is 5. The highest BCUT2D eigenvalue weighted by molar-refractivity contribution is 5.84. The summed E-state index contributed by atoms with van der Waals surface area (Å²) in [5.41, 5.74) is 7.64. The molecule has 2 aromatic heterocycles. The molecule has 0 radical (unpaired) electrons. The third kappa shape index (κ3) is 2.70. The van der Waals surface area contributed by atoms with E-state index < -0.39 is 0 Å². The Hall–Kier alpha value is -2.90. The average Bonchev–Trinajstić information content (AvgIpc) is 3.09. The van der Waals surface area contributed by atoms with Gasteiger partial charge in [0.25, 0.3) is 5.56 Å². The summed E-state index contributed by atoms with van der Waals surface area (Å²) in [7, 11) is 0. The highest BCUT2D eigenvalue weighted by atomic mass is 16.1. The van der Waals surface area contributed by atoms with Crippen molar-refractivity contribution >= 4 is 22.5 Å². The van der Waals surface area contributed by atoms with Crippen LogP contribution in [-0.2, 0) is 0 Å². The van der Waals surface area contributed by atoms with Gasteiger partial charge in [0.2, 0.25) is 0 Å². The van der Waals surface area contributed by atoms with Gasteiger partial charge in [-0.25, -0.2) is 9.78 Å². The number of nitrogens with zero attached hydrogens (tertiary/aromatic N) is 4. The number of hydrogen-bond acceptors (Lipinski definition) is 6. The van der Waals surface area contributed by atoms with Gasteiger partial charge in [-0.1, -0.05) is 42.7 Å². The molecule has 1 fully saturated rings. The van der Waals surface area contributed by atoms with Gasteiger partial charge in [-0.3, -0.25) is 15.6 Å². The first-order valence-electron chi connectivity index (χ1n) is 8.23. The number of para-hydroxylation sites is 1. The molecule has 3 aromatic rings. The average molecular weight is 325 g/mol. The molecule has 8 nitrogen and oxygen atoms in total. The Morgan fingerprint density at radius 1 is 1.08 bits per heavy atom. The summed E-state index contributed by atoms with van der Waals surface area (Å²) < 4.78 is 1.77. The van der Waals surface area contributed by atoms with E-state index in [0.29, 0.717) is 16.9 Å². The third-order valence-electron chi connectivity index (χ3n) is 4.42. The van der Waals surface area contributed by atoms with Crippen LogP contribution in [0.2, 0.25) is 0 Å². The Kier molecular flexibility index (Phi) is 3.86.